The molecule has 0 aliphatic carbocycles. The quantitative estimate of drug-likeness (QED) is 0.186. The van der Waals surface area contributed by atoms with Crippen LogP contribution in [0.15, 0.2) is 0 Å². The second-order valence-corrected chi connectivity index (χ2v) is 0.437. The van der Waals surface area contributed by atoms with Crippen LogP contribution in [-0.2, 0) is 9.59 Å². The van der Waals surface area contributed by atoms with E-state index in [1.54, 1.807) is 0 Å². The van der Waals surface area contributed by atoms with Gasteiger partial charge in [0.15, 0.2) is 6.29 Å². The molecule has 0 amide bonds. The van der Waals surface area contributed by atoms with E-state index in [0.29, 0.717) is 0 Å². The van der Waals surface area contributed by atoms with Gasteiger partial charge in [-0.05, 0) is 0 Å². The Bertz CT molecular complexity index is 59.8. The number of hydrogen-bond donors (Lipinski definition) is 0. The van der Waals surface area contributed by atoms with Crippen LogP contribution in [0.5, 0.6) is 0 Å². The second kappa shape index (κ2) is 5.14. The van der Waals surface area contributed by atoms with Crippen molar-refractivity contribution in [2.75, 3.05) is 0 Å². The summed E-state index contributed by atoms with van der Waals surface area (Å²) >= 11 is 0. The molecule has 0 aromatic heterocycles. The first-order chi connectivity index (χ1) is 2.27. The molecule has 0 saturated carbocycles. The summed E-state index contributed by atoms with van der Waals surface area (Å²) in [6.45, 7) is 0. The standard InChI is InChI=1S/C2H2O3.Na/c3-1-2(4)5;/h1H,(H,4,5);/q;+1/p-1. The van der Waals surface area contributed by atoms with Crippen LogP contribution in [0.25, 0.3) is 0 Å². The van der Waals surface area contributed by atoms with E-state index in [1.165, 1.54) is 0 Å². The average molecular weight is 96.0 g/mol. The van der Waals surface area contributed by atoms with Crippen molar-refractivity contribution in [1.29, 1.82) is 0 Å². The molecule has 0 aromatic carbocycles. The molecular weight excluding hydrogens is 95.0 g/mol. The molecule has 0 bridgehead atoms. The van der Waals surface area contributed by atoms with E-state index in [-0.39, 0.29) is 35.8 Å². The van der Waals surface area contributed by atoms with Crippen LogP contribution in [0, 0.1) is 0 Å². The topological polar surface area (TPSA) is 57.2 Å². The molecule has 4 heteroatoms. The summed E-state index contributed by atoms with van der Waals surface area (Å²) in [5.41, 5.74) is 0. The average Bonchev–Trinajstić information content (AvgIpc) is 1.38. The fraction of sp³-hybridized carbons (Fsp3) is 0. The Kier molecular flexibility index (Phi) is 8.11. The molecule has 0 unspecified atom stereocenters. The normalized spacial score (nSPS) is 5.33. The minimum Gasteiger partial charge on any atom is -0.542 e. The van der Waals surface area contributed by atoms with Crippen molar-refractivity contribution < 1.29 is 44.3 Å². The Morgan fingerprint density at radius 1 is 1.67 bits per heavy atom. The summed E-state index contributed by atoms with van der Waals surface area (Å²) < 4.78 is 0. The van der Waals surface area contributed by atoms with Gasteiger partial charge in [0.05, 0.1) is 0 Å². The predicted octanol–water partition coefficient (Wildman–Crippen LogP) is -5.06. The number of carbonyl (C=O) groups is 2. The first-order valence-electron chi connectivity index (χ1n) is 0.933. The molecule has 0 fully saturated rings. The minimum atomic E-state index is -1.68. The molecule has 0 saturated heterocycles. The zero-order chi connectivity index (χ0) is 4.28. The van der Waals surface area contributed by atoms with Crippen LogP contribution < -0.4 is 34.7 Å². The summed E-state index contributed by atoms with van der Waals surface area (Å²) in [5, 5.41) is 8.89. The molecule has 3 nitrogen and oxygen atoms in total. The van der Waals surface area contributed by atoms with E-state index < -0.39 is 5.97 Å². The first kappa shape index (κ1) is 9.46. The maximum Gasteiger partial charge on any atom is 1.00 e. The van der Waals surface area contributed by atoms with Gasteiger partial charge in [0.2, 0.25) is 0 Å². The van der Waals surface area contributed by atoms with E-state index in [1.807, 2.05) is 0 Å². The van der Waals surface area contributed by atoms with Gasteiger partial charge < -0.3 is 9.90 Å². The van der Waals surface area contributed by atoms with Gasteiger partial charge in [0.25, 0.3) is 0 Å². The Morgan fingerprint density at radius 2 is 1.83 bits per heavy atom. The van der Waals surface area contributed by atoms with Crippen LogP contribution in [0.2, 0.25) is 0 Å². The predicted molar refractivity (Wildman–Crippen MR) is 11.1 cm³/mol. The first-order valence-corrected chi connectivity index (χ1v) is 0.933. The Morgan fingerprint density at radius 3 is 1.83 bits per heavy atom. The molecule has 28 valence electrons. The third-order valence-electron chi connectivity index (χ3n) is 0.0962. The summed E-state index contributed by atoms with van der Waals surface area (Å²) in [7, 11) is 0. The Hall–Kier alpha value is 0.140. The van der Waals surface area contributed by atoms with E-state index in [4.69, 9.17) is 14.7 Å². The minimum absolute atomic E-state index is 0. The van der Waals surface area contributed by atoms with Crippen LogP contribution in [0.1, 0.15) is 0 Å². The Balaban J connectivity index is 0. The molecule has 0 aliphatic rings. The summed E-state index contributed by atoms with van der Waals surface area (Å²) in [4.78, 5) is 17.7. The summed E-state index contributed by atoms with van der Waals surface area (Å²) in [6, 6.07) is 0. The van der Waals surface area contributed by atoms with Crippen molar-refractivity contribution in [2.24, 2.45) is 0 Å². The van der Waals surface area contributed by atoms with Gasteiger partial charge >= 0.3 is 29.6 Å². The van der Waals surface area contributed by atoms with Crippen molar-refractivity contribution in [1.82, 2.24) is 0 Å². The number of rotatable bonds is 1. The monoisotopic (exact) mass is 96.0 g/mol. The maximum atomic E-state index is 8.89. The van der Waals surface area contributed by atoms with Gasteiger partial charge in [-0.1, -0.05) is 0 Å². The number of aldehydes is 1. The van der Waals surface area contributed by atoms with Gasteiger partial charge in [0.1, 0.15) is 5.97 Å². The second-order valence-electron chi connectivity index (χ2n) is 0.437. The summed E-state index contributed by atoms with van der Waals surface area (Å²) in [5.74, 6) is -1.68. The SMILES string of the molecule is O=CC(=O)[O-].[Na+]. The fourth-order valence-corrected chi connectivity index (χ4v) is 0. The zero-order valence-electron chi connectivity index (χ0n) is 3.30. The number of carbonyl (C=O) groups excluding carboxylic acids is 2. The van der Waals surface area contributed by atoms with Crippen LogP contribution in [-0.4, -0.2) is 12.3 Å². The molecular formula is C2HNaO3. The number of carboxylic acids is 1. The molecule has 6 heavy (non-hydrogen) atoms. The molecule has 0 atom stereocenters. The molecule has 0 aromatic rings. The van der Waals surface area contributed by atoms with Gasteiger partial charge in [-0.3, -0.25) is 4.79 Å². The molecule has 0 rings (SSSR count). The number of carboxylic acid groups (broad SMARTS) is 1. The van der Waals surface area contributed by atoms with Crippen molar-refractivity contribution in [3.63, 3.8) is 0 Å². The fourth-order valence-electron chi connectivity index (χ4n) is 0. The van der Waals surface area contributed by atoms with Crippen molar-refractivity contribution in [3.8, 4) is 0 Å². The van der Waals surface area contributed by atoms with Crippen LogP contribution >= 0.6 is 0 Å². The van der Waals surface area contributed by atoms with E-state index in [0.717, 1.165) is 0 Å². The zero-order valence-corrected chi connectivity index (χ0v) is 5.30. The smallest absolute Gasteiger partial charge is 0.542 e. The molecule has 0 heterocycles. The van der Waals surface area contributed by atoms with E-state index in [9.17, 15) is 0 Å². The van der Waals surface area contributed by atoms with Crippen molar-refractivity contribution >= 4 is 12.3 Å². The molecule has 0 N–H and O–H groups in total. The number of aliphatic carboxylic acids is 1. The van der Waals surface area contributed by atoms with E-state index in [2.05, 4.69) is 0 Å². The van der Waals surface area contributed by atoms with Crippen molar-refractivity contribution in [2.45, 2.75) is 0 Å². The molecule has 0 spiro atoms. The van der Waals surface area contributed by atoms with Gasteiger partial charge in [-0.25, -0.2) is 0 Å². The summed E-state index contributed by atoms with van der Waals surface area (Å²) in [6.07, 6.45) is -0.278. The third kappa shape index (κ3) is 8.91. The van der Waals surface area contributed by atoms with Gasteiger partial charge in [-0.15, -0.1) is 0 Å². The molecule has 0 aliphatic heterocycles. The largest absolute Gasteiger partial charge is 1.00 e. The third-order valence-corrected chi connectivity index (χ3v) is 0.0962. The van der Waals surface area contributed by atoms with Crippen molar-refractivity contribution in [3.05, 3.63) is 0 Å². The van der Waals surface area contributed by atoms with Gasteiger partial charge in [0, 0.05) is 0 Å². The van der Waals surface area contributed by atoms with Gasteiger partial charge in [-0.2, -0.15) is 0 Å². The Labute approximate surface area is 56.6 Å². The number of hydrogen-bond acceptors (Lipinski definition) is 3. The van der Waals surface area contributed by atoms with Crippen LogP contribution in [0.3, 0.4) is 0 Å². The molecule has 0 radical (unpaired) electrons. The van der Waals surface area contributed by atoms with Crippen LogP contribution in [0.4, 0.5) is 0 Å². The maximum absolute atomic E-state index is 8.89. The van der Waals surface area contributed by atoms with E-state index >= 15 is 0 Å².